The average molecular weight is 313 g/mol. The summed E-state index contributed by atoms with van der Waals surface area (Å²) in [6.07, 6.45) is 0.0718. The molecule has 0 radical (unpaired) electrons. The first kappa shape index (κ1) is 16.5. The summed E-state index contributed by atoms with van der Waals surface area (Å²) in [5, 5.41) is 2.87. The number of ether oxygens (including phenoxy) is 2. The Bertz CT molecular complexity index is 652. The SMILES string of the molecule is COC(=O)C[C@H](NC(=O)c1ccc(OC)cc1)c1ccccc1. The van der Waals surface area contributed by atoms with Crippen LogP contribution < -0.4 is 10.1 Å². The van der Waals surface area contributed by atoms with Crippen LogP contribution in [0.1, 0.15) is 28.4 Å². The van der Waals surface area contributed by atoms with Crippen molar-refractivity contribution in [1.82, 2.24) is 5.32 Å². The molecule has 5 heteroatoms. The summed E-state index contributed by atoms with van der Waals surface area (Å²) in [5.74, 6) is 0.0370. The van der Waals surface area contributed by atoms with Crippen LogP contribution in [-0.2, 0) is 9.53 Å². The van der Waals surface area contributed by atoms with Crippen molar-refractivity contribution in [3.05, 3.63) is 65.7 Å². The van der Waals surface area contributed by atoms with Crippen LogP contribution in [-0.4, -0.2) is 26.1 Å². The second kappa shape index (κ2) is 7.98. The van der Waals surface area contributed by atoms with E-state index in [2.05, 4.69) is 5.32 Å². The quantitative estimate of drug-likeness (QED) is 0.833. The molecule has 0 spiro atoms. The summed E-state index contributed by atoms with van der Waals surface area (Å²) in [5.41, 5.74) is 1.34. The molecule has 2 aromatic carbocycles. The van der Waals surface area contributed by atoms with Gasteiger partial charge in [-0.1, -0.05) is 30.3 Å². The van der Waals surface area contributed by atoms with E-state index in [1.807, 2.05) is 30.3 Å². The second-order valence-electron chi connectivity index (χ2n) is 4.95. The Morgan fingerprint density at radius 1 is 1.00 bits per heavy atom. The molecule has 0 bridgehead atoms. The standard InChI is InChI=1S/C18H19NO4/c1-22-15-10-8-14(9-11-15)18(21)19-16(12-17(20)23-2)13-6-4-3-5-7-13/h3-11,16H,12H2,1-2H3,(H,19,21)/t16-/m0/s1. The van der Waals surface area contributed by atoms with Crippen LogP contribution in [0.3, 0.4) is 0 Å². The predicted octanol–water partition coefficient (Wildman–Crippen LogP) is 2.73. The normalized spacial score (nSPS) is 11.4. The zero-order chi connectivity index (χ0) is 16.7. The monoisotopic (exact) mass is 313 g/mol. The summed E-state index contributed by atoms with van der Waals surface area (Å²) >= 11 is 0. The number of carbonyl (C=O) groups is 2. The van der Waals surface area contributed by atoms with Crippen LogP contribution in [0, 0.1) is 0 Å². The zero-order valence-electron chi connectivity index (χ0n) is 13.1. The maximum atomic E-state index is 12.4. The summed E-state index contributed by atoms with van der Waals surface area (Å²) in [6.45, 7) is 0. The highest BCUT2D eigenvalue weighted by molar-refractivity contribution is 5.94. The van der Waals surface area contributed by atoms with Crippen LogP contribution in [0.2, 0.25) is 0 Å². The molecule has 0 heterocycles. The largest absolute Gasteiger partial charge is 0.497 e. The van der Waals surface area contributed by atoms with E-state index in [0.717, 1.165) is 5.56 Å². The molecule has 0 saturated heterocycles. The Kier molecular flexibility index (Phi) is 5.74. The Balaban J connectivity index is 2.15. The molecule has 0 aliphatic rings. The van der Waals surface area contributed by atoms with E-state index < -0.39 is 6.04 Å². The van der Waals surface area contributed by atoms with Crippen molar-refractivity contribution < 1.29 is 19.1 Å². The lowest BCUT2D eigenvalue weighted by atomic mass is 10.0. The molecule has 0 aliphatic heterocycles. The first-order valence-electron chi connectivity index (χ1n) is 7.20. The van der Waals surface area contributed by atoms with E-state index >= 15 is 0 Å². The number of amides is 1. The van der Waals surface area contributed by atoms with Gasteiger partial charge in [0.1, 0.15) is 5.75 Å². The smallest absolute Gasteiger partial charge is 0.307 e. The average Bonchev–Trinajstić information content (AvgIpc) is 2.61. The van der Waals surface area contributed by atoms with Crippen molar-refractivity contribution in [3.8, 4) is 5.75 Å². The third-order valence-corrected chi connectivity index (χ3v) is 3.46. The summed E-state index contributed by atoms with van der Waals surface area (Å²) in [4.78, 5) is 24.0. The first-order valence-corrected chi connectivity index (χ1v) is 7.20. The minimum Gasteiger partial charge on any atom is -0.497 e. The number of hydrogen-bond donors (Lipinski definition) is 1. The van der Waals surface area contributed by atoms with E-state index in [9.17, 15) is 9.59 Å². The molecule has 2 rings (SSSR count). The van der Waals surface area contributed by atoms with Gasteiger partial charge in [0.25, 0.3) is 5.91 Å². The van der Waals surface area contributed by atoms with E-state index in [1.165, 1.54) is 7.11 Å². The Hall–Kier alpha value is -2.82. The molecule has 5 nitrogen and oxygen atoms in total. The number of carbonyl (C=O) groups excluding carboxylic acids is 2. The van der Waals surface area contributed by atoms with Crippen LogP contribution >= 0.6 is 0 Å². The lowest BCUT2D eigenvalue weighted by Gasteiger charge is -2.18. The molecule has 0 aromatic heterocycles. The molecule has 0 unspecified atom stereocenters. The minimum absolute atomic E-state index is 0.0718. The lowest BCUT2D eigenvalue weighted by molar-refractivity contribution is -0.141. The van der Waals surface area contributed by atoms with Crippen LogP contribution in [0.5, 0.6) is 5.75 Å². The van der Waals surface area contributed by atoms with Gasteiger partial charge in [0.2, 0.25) is 0 Å². The van der Waals surface area contributed by atoms with E-state index in [-0.39, 0.29) is 18.3 Å². The summed E-state index contributed by atoms with van der Waals surface area (Å²) in [6, 6.07) is 15.7. The Morgan fingerprint density at radius 3 is 2.22 bits per heavy atom. The molecule has 0 aliphatic carbocycles. The molecule has 1 atom stereocenters. The van der Waals surface area contributed by atoms with Crippen molar-refractivity contribution in [1.29, 1.82) is 0 Å². The molecule has 0 saturated carbocycles. The Morgan fingerprint density at radius 2 is 1.65 bits per heavy atom. The highest BCUT2D eigenvalue weighted by Crippen LogP contribution is 2.19. The van der Waals surface area contributed by atoms with Crippen molar-refractivity contribution in [2.75, 3.05) is 14.2 Å². The second-order valence-corrected chi connectivity index (χ2v) is 4.95. The van der Waals surface area contributed by atoms with Gasteiger partial charge in [0.15, 0.2) is 0 Å². The van der Waals surface area contributed by atoms with Gasteiger partial charge in [-0.3, -0.25) is 9.59 Å². The first-order chi connectivity index (χ1) is 11.1. The molecule has 23 heavy (non-hydrogen) atoms. The van der Waals surface area contributed by atoms with Crippen molar-refractivity contribution in [2.45, 2.75) is 12.5 Å². The number of benzene rings is 2. The number of rotatable bonds is 6. The third-order valence-electron chi connectivity index (χ3n) is 3.46. The van der Waals surface area contributed by atoms with E-state index in [1.54, 1.807) is 31.4 Å². The molecule has 120 valence electrons. The number of hydrogen-bond acceptors (Lipinski definition) is 4. The van der Waals surface area contributed by atoms with Gasteiger partial charge in [-0.2, -0.15) is 0 Å². The van der Waals surface area contributed by atoms with E-state index in [4.69, 9.17) is 9.47 Å². The molecular formula is C18H19NO4. The molecule has 1 N–H and O–H groups in total. The van der Waals surface area contributed by atoms with Gasteiger partial charge < -0.3 is 14.8 Å². The van der Waals surface area contributed by atoms with Gasteiger partial charge in [-0.05, 0) is 29.8 Å². The minimum atomic E-state index is -0.446. The Labute approximate surface area is 135 Å². The number of methoxy groups -OCH3 is 2. The van der Waals surface area contributed by atoms with Gasteiger partial charge in [0.05, 0.1) is 26.7 Å². The molecule has 2 aromatic rings. The predicted molar refractivity (Wildman–Crippen MR) is 86.3 cm³/mol. The van der Waals surface area contributed by atoms with Crippen molar-refractivity contribution >= 4 is 11.9 Å². The van der Waals surface area contributed by atoms with E-state index in [0.29, 0.717) is 11.3 Å². The highest BCUT2D eigenvalue weighted by Gasteiger charge is 2.19. The molecular weight excluding hydrogens is 294 g/mol. The third kappa shape index (κ3) is 4.57. The van der Waals surface area contributed by atoms with Crippen LogP contribution in [0.15, 0.2) is 54.6 Å². The lowest BCUT2D eigenvalue weighted by Crippen LogP contribution is -2.30. The fraction of sp³-hybridized carbons (Fsp3) is 0.222. The van der Waals surface area contributed by atoms with Gasteiger partial charge in [-0.15, -0.1) is 0 Å². The number of nitrogens with one attached hydrogen (secondary N) is 1. The fourth-order valence-electron chi connectivity index (χ4n) is 2.17. The number of esters is 1. The van der Waals surface area contributed by atoms with Crippen LogP contribution in [0.4, 0.5) is 0 Å². The molecule has 1 amide bonds. The maximum absolute atomic E-state index is 12.4. The van der Waals surface area contributed by atoms with Crippen molar-refractivity contribution in [2.24, 2.45) is 0 Å². The fourth-order valence-corrected chi connectivity index (χ4v) is 2.17. The van der Waals surface area contributed by atoms with Crippen molar-refractivity contribution in [3.63, 3.8) is 0 Å². The topological polar surface area (TPSA) is 64.6 Å². The summed E-state index contributed by atoms with van der Waals surface area (Å²) < 4.78 is 9.79. The van der Waals surface area contributed by atoms with Gasteiger partial charge >= 0.3 is 5.97 Å². The van der Waals surface area contributed by atoms with Gasteiger partial charge in [-0.25, -0.2) is 0 Å². The zero-order valence-corrected chi connectivity index (χ0v) is 13.1. The highest BCUT2D eigenvalue weighted by atomic mass is 16.5. The summed E-state index contributed by atoms with van der Waals surface area (Å²) in [7, 11) is 2.90. The molecule has 0 fully saturated rings. The maximum Gasteiger partial charge on any atom is 0.307 e. The van der Waals surface area contributed by atoms with Crippen LogP contribution in [0.25, 0.3) is 0 Å². The van der Waals surface area contributed by atoms with Gasteiger partial charge in [0, 0.05) is 5.56 Å².